The highest BCUT2D eigenvalue weighted by Gasteiger charge is 2.38. The average Bonchev–Trinajstić information content (AvgIpc) is 2.59. The smallest absolute Gasteiger partial charge is 0.258 e. The van der Waals surface area contributed by atoms with E-state index in [-0.39, 0.29) is 4.90 Å². The molecule has 2 fully saturated rings. The maximum Gasteiger partial charge on any atom is 0.258 e. The van der Waals surface area contributed by atoms with Crippen LogP contribution in [0.4, 0.5) is 4.39 Å². The highest BCUT2D eigenvalue weighted by atomic mass is 79.9. The Balaban J connectivity index is 1.66. The molecule has 3 rings (SSSR count). The first kappa shape index (κ1) is 18.7. The number of rotatable bonds is 3. The molecule has 0 aromatic heterocycles. The molecule has 0 saturated carbocycles. The van der Waals surface area contributed by atoms with Crippen LogP contribution >= 0.6 is 15.9 Å². The van der Waals surface area contributed by atoms with Crippen LogP contribution in [0.1, 0.15) is 6.92 Å². The van der Waals surface area contributed by atoms with E-state index in [0.29, 0.717) is 30.7 Å². The highest BCUT2D eigenvalue weighted by molar-refractivity contribution is 9.10. The second kappa shape index (κ2) is 7.28. The molecule has 0 radical (unpaired) electrons. The molecule has 10 heteroatoms. The lowest BCUT2D eigenvalue weighted by atomic mass is 10.1. The Labute approximate surface area is 154 Å². The Kier molecular flexibility index (Phi) is 5.45. The van der Waals surface area contributed by atoms with Gasteiger partial charge in [0.05, 0.1) is 4.90 Å². The minimum atomic E-state index is -3.59. The quantitative estimate of drug-likeness (QED) is 0.723. The van der Waals surface area contributed by atoms with E-state index < -0.39 is 34.4 Å². The number of nitrogens with one attached hydrogen (secondary N) is 2. The summed E-state index contributed by atoms with van der Waals surface area (Å²) in [5, 5.41) is 5.59. The topological polar surface area (TPSA) is 81.8 Å². The number of hydrogen-bond donors (Lipinski definition) is 2. The Morgan fingerprint density at radius 2 is 1.84 bits per heavy atom. The molecule has 25 heavy (non-hydrogen) atoms. The zero-order valence-corrected chi connectivity index (χ0v) is 16.1. The highest BCUT2D eigenvalue weighted by Crippen LogP contribution is 2.25. The second-order valence-corrected chi connectivity index (χ2v) is 8.90. The van der Waals surface area contributed by atoms with Crippen molar-refractivity contribution in [2.45, 2.75) is 30.3 Å². The van der Waals surface area contributed by atoms with Crippen LogP contribution in [0.3, 0.4) is 0 Å². The third kappa shape index (κ3) is 3.72. The molecule has 138 valence electrons. The van der Waals surface area contributed by atoms with Crippen molar-refractivity contribution in [3.05, 3.63) is 28.7 Å². The fraction of sp³-hybridized carbons (Fsp3) is 0.533. The lowest BCUT2D eigenvalue weighted by molar-refractivity contribution is -0.133. The minimum Gasteiger partial charge on any atom is -0.325 e. The van der Waals surface area contributed by atoms with E-state index in [1.807, 2.05) is 4.90 Å². The van der Waals surface area contributed by atoms with Crippen LogP contribution in [0.2, 0.25) is 0 Å². The van der Waals surface area contributed by atoms with Gasteiger partial charge in [-0.15, -0.1) is 0 Å². The van der Waals surface area contributed by atoms with Gasteiger partial charge in [0.25, 0.3) is 5.91 Å². The number of hydrogen-bond acceptors (Lipinski definition) is 5. The molecule has 1 aromatic carbocycles. The van der Waals surface area contributed by atoms with E-state index in [1.54, 1.807) is 31.2 Å². The van der Waals surface area contributed by atoms with Crippen molar-refractivity contribution in [3.8, 4) is 0 Å². The average molecular weight is 435 g/mol. The Morgan fingerprint density at radius 1 is 1.20 bits per heavy atom. The Bertz CT molecular complexity index is 755. The van der Waals surface area contributed by atoms with Gasteiger partial charge in [0.15, 0.2) is 6.17 Å². The summed E-state index contributed by atoms with van der Waals surface area (Å²) in [7, 11) is -3.59. The fourth-order valence-electron chi connectivity index (χ4n) is 3.01. The van der Waals surface area contributed by atoms with E-state index in [9.17, 15) is 17.6 Å². The van der Waals surface area contributed by atoms with Gasteiger partial charge in [-0.1, -0.05) is 12.1 Å². The number of piperazine rings is 1. The summed E-state index contributed by atoms with van der Waals surface area (Å²) in [6.07, 6.45) is -2.06. The molecule has 1 aromatic rings. The monoisotopic (exact) mass is 434 g/mol. The summed E-state index contributed by atoms with van der Waals surface area (Å²) in [4.78, 5) is 13.8. The van der Waals surface area contributed by atoms with Crippen molar-refractivity contribution < 1.29 is 17.6 Å². The second-order valence-electron chi connectivity index (χ2n) is 6.14. The Hall–Kier alpha value is -1.07. The van der Waals surface area contributed by atoms with Gasteiger partial charge in [0.1, 0.15) is 6.29 Å². The van der Waals surface area contributed by atoms with Gasteiger partial charge in [0.2, 0.25) is 10.0 Å². The summed E-state index contributed by atoms with van der Waals surface area (Å²) < 4.78 is 41.1. The number of nitrogens with zero attached hydrogens (tertiary/aromatic N) is 2. The number of amides is 1. The fourth-order valence-corrected chi connectivity index (χ4v) is 5.39. The molecular formula is C15H20BrFN4O3S. The summed E-state index contributed by atoms with van der Waals surface area (Å²) in [6, 6.07) is 6.12. The number of halogens is 2. The van der Waals surface area contributed by atoms with Gasteiger partial charge in [-0.2, -0.15) is 4.31 Å². The third-order valence-electron chi connectivity index (χ3n) is 4.48. The molecule has 0 spiro atoms. The minimum absolute atomic E-state index is 0.237. The van der Waals surface area contributed by atoms with Crippen molar-refractivity contribution in [2.24, 2.45) is 0 Å². The number of benzene rings is 1. The molecule has 1 amide bonds. The van der Waals surface area contributed by atoms with E-state index >= 15 is 0 Å². The van der Waals surface area contributed by atoms with Gasteiger partial charge >= 0.3 is 0 Å². The number of carbonyl (C=O) groups excluding carboxylic acids is 1. The molecular weight excluding hydrogens is 415 g/mol. The van der Waals surface area contributed by atoms with Crippen LogP contribution in [0.25, 0.3) is 0 Å². The van der Waals surface area contributed by atoms with Crippen molar-refractivity contribution in [3.63, 3.8) is 0 Å². The Morgan fingerprint density at radius 3 is 2.44 bits per heavy atom. The number of sulfonamides is 1. The van der Waals surface area contributed by atoms with Crippen LogP contribution in [0.5, 0.6) is 0 Å². The SMILES string of the molecule is CC1NC(N2CCN(S(=O)(=O)c3ccccc3Br)CC2)NC(=O)C1F. The van der Waals surface area contributed by atoms with Gasteiger partial charge in [0, 0.05) is 36.7 Å². The first-order chi connectivity index (χ1) is 11.8. The van der Waals surface area contributed by atoms with Gasteiger partial charge < -0.3 is 5.32 Å². The van der Waals surface area contributed by atoms with Crippen LogP contribution in [0, 0.1) is 0 Å². The van der Waals surface area contributed by atoms with Crippen molar-refractivity contribution in [1.82, 2.24) is 19.8 Å². The molecule has 0 bridgehead atoms. The van der Waals surface area contributed by atoms with Crippen molar-refractivity contribution in [2.75, 3.05) is 26.2 Å². The lowest BCUT2D eigenvalue weighted by Crippen LogP contribution is -2.69. The van der Waals surface area contributed by atoms with Gasteiger partial charge in [-0.25, -0.2) is 12.8 Å². The number of alkyl halides is 1. The van der Waals surface area contributed by atoms with Crippen LogP contribution in [0.15, 0.2) is 33.6 Å². The first-order valence-corrected chi connectivity index (χ1v) is 10.2. The van der Waals surface area contributed by atoms with Crippen LogP contribution in [-0.4, -0.2) is 68.2 Å². The molecule has 7 nitrogen and oxygen atoms in total. The normalized spacial score (nSPS) is 29.4. The molecule has 0 aliphatic carbocycles. The summed E-state index contributed by atoms with van der Waals surface area (Å²) in [5.41, 5.74) is 0. The lowest BCUT2D eigenvalue weighted by Gasteiger charge is -2.42. The molecule has 2 heterocycles. The van der Waals surface area contributed by atoms with Crippen LogP contribution < -0.4 is 10.6 Å². The molecule has 3 atom stereocenters. The van der Waals surface area contributed by atoms with Gasteiger partial charge in [-0.05, 0) is 35.0 Å². The van der Waals surface area contributed by atoms with Gasteiger partial charge in [-0.3, -0.25) is 15.0 Å². The zero-order valence-electron chi connectivity index (χ0n) is 13.7. The van der Waals surface area contributed by atoms with Crippen molar-refractivity contribution in [1.29, 1.82) is 0 Å². The van der Waals surface area contributed by atoms with Crippen LogP contribution in [-0.2, 0) is 14.8 Å². The maximum atomic E-state index is 13.6. The molecule has 2 saturated heterocycles. The molecule has 3 unspecified atom stereocenters. The molecule has 2 aliphatic rings. The summed E-state index contributed by atoms with van der Waals surface area (Å²) >= 11 is 3.28. The maximum absolute atomic E-state index is 13.6. The zero-order chi connectivity index (χ0) is 18.2. The van der Waals surface area contributed by atoms with E-state index in [0.717, 1.165) is 0 Å². The largest absolute Gasteiger partial charge is 0.325 e. The third-order valence-corrected chi connectivity index (χ3v) is 7.39. The first-order valence-electron chi connectivity index (χ1n) is 8.00. The summed E-state index contributed by atoms with van der Waals surface area (Å²) in [5.74, 6) is -0.639. The summed E-state index contributed by atoms with van der Waals surface area (Å²) in [6.45, 7) is 3.08. The molecule has 2 N–H and O–H groups in total. The predicted octanol–water partition coefficient (Wildman–Crippen LogP) is 0.485. The van der Waals surface area contributed by atoms with E-state index in [2.05, 4.69) is 26.6 Å². The predicted molar refractivity (Wildman–Crippen MR) is 93.9 cm³/mol. The standard InChI is InChI=1S/C15H20BrFN4O3S/c1-10-13(17)14(22)19-15(18-10)20-6-8-21(9-7-20)25(23,24)12-5-3-2-4-11(12)16/h2-5,10,13,15,18H,6-9H2,1H3,(H,19,22). The van der Waals surface area contributed by atoms with E-state index in [4.69, 9.17) is 0 Å². The van der Waals surface area contributed by atoms with Crippen molar-refractivity contribution >= 4 is 31.9 Å². The molecule has 2 aliphatic heterocycles. The van der Waals surface area contributed by atoms with E-state index in [1.165, 1.54) is 4.31 Å². The number of carbonyl (C=O) groups is 1.